The van der Waals surface area contributed by atoms with Gasteiger partial charge in [-0.25, -0.2) is 4.39 Å². The van der Waals surface area contributed by atoms with Gasteiger partial charge in [0.25, 0.3) is 0 Å². The Balaban J connectivity index is 1.16. The summed E-state index contributed by atoms with van der Waals surface area (Å²) in [5, 5.41) is 16.6. The number of aromatic nitrogens is 2. The molecule has 4 aliphatic heterocycles. The number of aromatic hydroxyl groups is 1. The van der Waals surface area contributed by atoms with Crippen LogP contribution in [0.2, 0.25) is 5.02 Å². The van der Waals surface area contributed by atoms with Gasteiger partial charge in [0.15, 0.2) is 5.82 Å². The highest BCUT2D eigenvalue weighted by Crippen LogP contribution is 2.43. The van der Waals surface area contributed by atoms with Crippen LogP contribution in [-0.4, -0.2) is 83.6 Å². The molecule has 5 atom stereocenters. The predicted molar refractivity (Wildman–Crippen MR) is 184 cm³/mol. The number of piperidine rings is 1. The molecule has 47 heavy (non-hydrogen) atoms. The zero-order valence-corrected chi connectivity index (χ0v) is 28.1. The first-order valence-corrected chi connectivity index (χ1v) is 17.4. The van der Waals surface area contributed by atoms with Crippen LogP contribution in [0.5, 0.6) is 11.8 Å². The topological polar surface area (TPSA) is 83.0 Å². The van der Waals surface area contributed by atoms with E-state index in [2.05, 4.69) is 29.0 Å². The van der Waals surface area contributed by atoms with Crippen LogP contribution in [0, 0.1) is 11.2 Å². The van der Waals surface area contributed by atoms with Gasteiger partial charge in [0.05, 0.1) is 17.7 Å². The van der Waals surface area contributed by atoms with Crippen LogP contribution in [0.4, 0.5) is 10.2 Å². The fourth-order valence-corrected chi connectivity index (χ4v) is 8.95. The van der Waals surface area contributed by atoms with E-state index in [0.29, 0.717) is 53.6 Å². The minimum absolute atomic E-state index is 0.0417. The molecule has 1 aromatic heterocycles. The number of phenolic OH excluding ortho intramolecular Hbond substituents is 1. The van der Waals surface area contributed by atoms with Crippen molar-refractivity contribution in [3.05, 3.63) is 53.3 Å². The van der Waals surface area contributed by atoms with E-state index in [0.717, 1.165) is 56.1 Å². The number of hydrogen-bond donors (Lipinski definition) is 2. The van der Waals surface area contributed by atoms with Gasteiger partial charge in [-0.05, 0) is 73.1 Å². The number of ether oxygens (including phenoxy) is 2. The zero-order valence-electron chi connectivity index (χ0n) is 27.3. The summed E-state index contributed by atoms with van der Waals surface area (Å²) in [6.45, 7) is 7.27. The fraction of sp³-hybridized carbons (Fsp3) is 0.514. The minimum atomic E-state index is -0.549. The Labute approximate surface area is 280 Å². The van der Waals surface area contributed by atoms with E-state index in [-0.39, 0.29) is 33.3 Å². The molecule has 248 valence electrons. The van der Waals surface area contributed by atoms with Gasteiger partial charge in [-0.2, -0.15) is 9.97 Å². The van der Waals surface area contributed by atoms with Crippen molar-refractivity contribution >= 4 is 39.1 Å². The average molecular weight is 660 g/mol. The number of rotatable bonds is 8. The lowest BCUT2D eigenvalue weighted by Crippen LogP contribution is -2.51. The van der Waals surface area contributed by atoms with Crippen molar-refractivity contribution < 1.29 is 19.0 Å². The molecular formula is C37H43ClFN5O3. The number of nitrogens with one attached hydrogen (secondary N) is 1. The molecule has 4 aliphatic rings. The molecule has 4 saturated heterocycles. The van der Waals surface area contributed by atoms with Crippen molar-refractivity contribution in [2.45, 2.75) is 82.6 Å². The van der Waals surface area contributed by atoms with E-state index in [4.69, 9.17) is 31.0 Å². The van der Waals surface area contributed by atoms with Crippen LogP contribution in [0.15, 0.2) is 42.5 Å². The van der Waals surface area contributed by atoms with E-state index < -0.39 is 5.82 Å². The Morgan fingerprint density at radius 2 is 1.72 bits per heavy atom. The molecule has 8 nitrogen and oxygen atoms in total. The molecule has 0 radical (unpaired) electrons. The second-order valence-corrected chi connectivity index (χ2v) is 15.3. The Morgan fingerprint density at radius 3 is 2.45 bits per heavy atom. The maximum Gasteiger partial charge on any atom is 0.319 e. The van der Waals surface area contributed by atoms with Crippen molar-refractivity contribution in [3.8, 4) is 22.9 Å². The van der Waals surface area contributed by atoms with Crippen molar-refractivity contribution in [2.24, 2.45) is 5.41 Å². The van der Waals surface area contributed by atoms with Gasteiger partial charge in [0.1, 0.15) is 17.1 Å². The minimum Gasteiger partial charge on any atom is -0.508 e. The van der Waals surface area contributed by atoms with Crippen LogP contribution in [0.1, 0.15) is 52.4 Å². The van der Waals surface area contributed by atoms with Crippen LogP contribution in [0.25, 0.3) is 32.8 Å². The van der Waals surface area contributed by atoms with Gasteiger partial charge in [-0.1, -0.05) is 49.7 Å². The number of nitrogens with zero attached hydrogens (tertiary/aromatic N) is 4. The highest BCUT2D eigenvalue weighted by molar-refractivity contribution is 6.35. The molecule has 4 fully saturated rings. The highest BCUT2D eigenvalue weighted by atomic mass is 35.5. The molecule has 3 unspecified atom stereocenters. The Hall–Kier alpha value is -3.24. The molecule has 4 bridgehead atoms. The molecular weight excluding hydrogens is 617 g/mol. The van der Waals surface area contributed by atoms with Crippen LogP contribution in [-0.2, 0) is 4.74 Å². The molecule has 2 N–H and O–H groups in total. The van der Waals surface area contributed by atoms with Gasteiger partial charge in [-0.15, -0.1) is 0 Å². The number of hydrogen-bond acceptors (Lipinski definition) is 8. The summed E-state index contributed by atoms with van der Waals surface area (Å²) in [7, 11) is 1.83. The monoisotopic (exact) mass is 659 g/mol. The van der Waals surface area contributed by atoms with Crippen molar-refractivity contribution in [1.82, 2.24) is 20.2 Å². The second kappa shape index (κ2) is 12.0. The summed E-state index contributed by atoms with van der Waals surface area (Å²) in [5.74, 6) is 0.140. The summed E-state index contributed by atoms with van der Waals surface area (Å²) in [6, 6.07) is 14.6. The van der Waals surface area contributed by atoms with Gasteiger partial charge >= 0.3 is 6.01 Å². The first kappa shape index (κ1) is 31.1. The number of piperazine rings is 1. The van der Waals surface area contributed by atoms with E-state index in [1.165, 1.54) is 12.8 Å². The van der Waals surface area contributed by atoms with Gasteiger partial charge in [-0.3, -0.25) is 4.90 Å². The summed E-state index contributed by atoms with van der Waals surface area (Å²) in [6.07, 6.45) is 7.13. The molecule has 0 amide bonds. The van der Waals surface area contributed by atoms with Crippen LogP contribution in [0.3, 0.4) is 0 Å². The van der Waals surface area contributed by atoms with Crippen LogP contribution >= 0.6 is 11.6 Å². The first-order valence-electron chi connectivity index (χ1n) is 17.0. The third-order valence-corrected chi connectivity index (χ3v) is 11.1. The largest absolute Gasteiger partial charge is 0.508 e. The number of anilines is 1. The smallest absolute Gasteiger partial charge is 0.319 e. The molecule has 5 heterocycles. The second-order valence-electron chi connectivity index (χ2n) is 14.9. The summed E-state index contributed by atoms with van der Waals surface area (Å²) >= 11 is 6.92. The third-order valence-electron chi connectivity index (χ3n) is 10.9. The fourth-order valence-electron chi connectivity index (χ4n) is 8.66. The average Bonchev–Trinajstić information content (AvgIpc) is 3.49. The summed E-state index contributed by atoms with van der Waals surface area (Å²) < 4.78 is 29.1. The number of phenols is 1. The summed E-state index contributed by atoms with van der Waals surface area (Å²) in [5.41, 5.74) is 0.705. The quantitative estimate of drug-likeness (QED) is 0.211. The Morgan fingerprint density at radius 1 is 1.00 bits per heavy atom. The maximum atomic E-state index is 16.9. The van der Waals surface area contributed by atoms with Gasteiger partial charge in [0, 0.05) is 67.3 Å². The third kappa shape index (κ3) is 5.79. The molecule has 0 saturated carbocycles. The molecule has 0 aliphatic carbocycles. The molecule has 8 rings (SSSR count). The van der Waals surface area contributed by atoms with Gasteiger partial charge in [0.2, 0.25) is 0 Å². The normalized spacial score (nSPS) is 26.1. The van der Waals surface area contributed by atoms with E-state index in [9.17, 15) is 5.11 Å². The lowest BCUT2D eigenvalue weighted by molar-refractivity contribution is -0.0137. The Bertz CT molecular complexity index is 1810. The standard InChI is InChI=1S/C37H43ClFN5O3/c1-37(2,19-44-24-10-11-25(44)14-27(13-24)46-3)20-47-36-41-34-30(35(42-36)43-17-22-8-9-23(18-43)40-22)16-31(38)32(33(34)39)29-15-26(45)12-21-6-4-5-7-28(21)29/h4-7,12,15-16,22-25,27,40,45H,8-11,13-14,17-20H2,1-3H3/t22?,23?,24-,25+,27?. The van der Waals surface area contributed by atoms with E-state index >= 15 is 4.39 Å². The van der Waals surface area contributed by atoms with Crippen molar-refractivity contribution in [1.29, 1.82) is 0 Å². The highest BCUT2D eigenvalue weighted by Gasteiger charge is 2.43. The number of halogens is 2. The lowest BCUT2D eigenvalue weighted by atomic mass is 9.90. The van der Waals surface area contributed by atoms with Crippen molar-refractivity contribution in [3.63, 3.8) is 0 Å². The van der Waals surface area contributed by atoms with Crippen molar-refractivity contribution in [2.75, 3.05) is 38.3 Å². The van der Waals surface area contributed by atoms with Gasteiger partial charge < -0.3 is 24.8 Å². The molecule has 0 spiro atoms. The first-order chi connectivity index (χ1) is 22.7. The van der Waals surface area contributed by atoms with Crippen LogP contribution < -0.4 is 15.0 Å². The molecule has 4 aromatic rings. The maximum absolute atomic E-state index is 16.9. The number of methoxy groups -OCH3 is 1. The summed E-state index contributed by atoms with van der Waals surface area (Å²) in [4.78, 5) is 14.6. The Kier molecular flexibility index (Phi) is 7.94. The number of fused-ring (bicyclic) bond motifs is 6. The van der Waals surface area contributed by atoms with E-state index in [1.54, 1.807) is 18.2 Å². The molecule has 10 heteroatoms. The lowest BCUT2D eigenvalue weighted by Gasteiger charge is -2.42. The van der Waals surface area contributed by atoms with E-state index in [1.807, 2.05) is 31.4 Å². The SMILES string of the molecule is COC1C[C@H]2CC[C@@H](C1)N2CC(C)(C)COc1nc(N2CC3CCC(C2)N3)c2cc(Cl)c(-c3cc(O)cc4ccccc34)c(F)c2n1. The zero-order chi connectivity index (χ0) is 32.4. The predicted octanol–water partition coefficient (Wildman–Crippen LogP) is 6.94. The molecule has 3 aromatic carbocycles. The number of benzene rings is 3.